The molecule has 1 aliphatic rings. The van der Waals surface area contributed by atoms with Crippen LogP contribution in [0.25, 0.3) is 0 Å². The van der Waals surface area contributed by atoms with E-state index in [0.29, 0.717) is 30.4 Å². The first-order chi connectivity index (χ1) is 15.4. The molecule has 1 aliphatic heterocycles. The fourth-order valence-electron chi connectivity index (χ4n) is 4.09. The first-order valence-electron chi connectivity index (χ1n) is 11.3. The molecule has 1 aromatic carbocycles. The molecule has 0 radical (unpaired) electrons. The first-order valence-corrected chi connectivity index (χ1v) is 13.1. The summed E-state index contributed by atoms with van der Waals surface area (Å²) in [6.07, 6.45) is 5.34. The number of sulfonamides is 1. The number of likely N-dealkylation sites (tertiary alicyclic amines) is 1. The molecule has 1 aromatic heterocycles. The Kier molecular flexibility index (Phi) is 8.70. The topological polar surface area (TPSA) is 77.8 Å². The van der Waals surface area contributed by atoms with E-state index in [4.69, 9.17) is 16.6 Å². The van der Waals surface area contributed by atoms with Gasteiger partial charge in [0.2, 0.25) is 10.0 Å². The lowest BCUT2D eigenvalue weighted by molar-refractivity contribution is 0.146. The van der Waals surface area contributed by atoms with E-state index in [2.05, 4.69) is 15.5 Å². The van der Waals surface area contributed by atoms with Gasteiger partial charge in [-0.2, -0.15) is 4.31 Å². The molecule has 3 rings (SSSR count). The van der Waals surface area contributed by atoms with Gasteiger partial charge in [-0.3, -0.25) is 4.90 Å². The molecule has 2 N–H and O–H groups in total. The van der Waals surface area contributed by atoms with Gasteiger partial charge in [0.25, 0.3) is 0 Å². The van der Waals surface area contributed by atoms with Crippen molar-refractivity contribution >= 4 is 33.0 Å². The maximum atomic E-state index is 12.9. The standard InChI is InChI=1S/C23H34N4O3S2/c1-4-27(5-2)32(28,29)19-12-11-18(3)20(16-19)25-23(31)24-17-21(22-10-9-15-30-22)26-13-7-6-8-14-26/h9-12,15-16,21H,4-8,13-14,17H2,1-3H3,(H2,24,25,31). The number of nitrogens with zero attached hydrogens (tertiary/aromatic N) is 2. The van der Waals surface area contributed by atoms with Crippen LogP contribution in [0.3, 0.4) is 0 Å². The van der Waals surface area contributed by atoms with Crippen LogP contribution in [0.1, 0.15) is 50.5 Å². The van der Waals surface area contributed by atoms with Crippen LogP contribution >= 0.6 is 12.2 Å². The van der Waals surface area contributed by atoms with Gasteiger partial charge in [0.1, 0.15) is 5.76 Å². The molecule has 1 saturated heterocycles. The van der Waals surface area contributed by atoms with E-state index in [1.807, 2.05) is 32.9 Å². The minimum atomic E-state index is -3.54. The molecule has 9 heteroatoms. The van der Waals surface area contributed by atoms with Gasteiger partial charge in [0.15, 0.2) is 5.11 Å². The van der Waals surface area contributed by atoms with E-state index in [-0.39, 0.29) is 10.9 Å². The highest BCUT2D eigenvalue weighted by molar-refractivity contribution is 7.89. The molecule has 7 nitrogen and oxygen atoms in total. The molecule has 1 unspecified atom stereocenters. The van der Waals surface area contributed by atoms with Crippen LogP contribution in [0, 0.1) is 6.92 Å². The average molecular weight is 479 g/mol. The molecule has 176 valence electrons. The molecule has 32 heavy (non-hydrogen) atoms. The van der Waals surface area contributed by atoms with E-state index < -0.39 is 10.0 Å². The Balaban J connectivity index is 1.70. The predicted molar refractivity (Wildman–Crippen MR) is 132 cm³/mol. The normalized spacial score (nSPS) is 16.1. The van der Waals surface area contributed by atoms with Crippen molar-refractivity contribution in [3.05, 3.63) is 47.9 Å². The maximum absolute atomic E-state index is 12.9. The summed E-state index contributed by atoms with van der Waals surface area (Å²) in [7, 11) is -3.54. The molecule has 0 amide bonds. The smallest absolute Gasteiger partial charge is 0.243 e. The fraction of sp³-hybridized carbons (Fsp3) is 0.522. The molecular formula is C23H34N4O3S2. The zero-order valence-electron chi connectivity index (χ0n) is 19.1. The van der Waals surface area contributed by atoms with Gasteiger partial charge in [-0.05, 0) is 74.9 Å². The minimum Gasteiger partial charge on any atom is -0.468 e. The van der Waals surface area contributed by atoms with E-state index >= 15 is 0 Å². The van der Waals surface area contributed by atoms with Crippen molar-refractivity contribution < 1.29 is 12.8 Å². The summed E-state index contributed by atoms with van der Waals surface area (Å²) >= 11 is 5.55. The number of nitrogens with one attached hydrogen (secondary N) is 2. The van der Waals surface area contributed by atoms with E-state index in [1.54, 1.807) is 24.5 Å². The van der Waals surface area contributed by atoms with Crippen LogP contribution in [0.4, 0.5) is 5.69 Å². The van der Waals surface area contributed by atoms with Gasteiger partial charge in [-0.1, -0.05) is 26.3 Å². The Bertz CT molecular complexity index is 983. The van der Waals surface area contributed by atoms with Crippen molar-refractivity contribution in [3.8, 4) is 0 Å². The summed E-state index contributed by atoms with van der Waals surface area (Å²) in [5.74, 6) is 0.922. The van der Waals surface area contributed by atoms with Crippen molar-refractivity contribution in [3.63, 3.8) is 0 Å². The number of benzene rings is 1. The van der Waals surface area contributed by atoms with Crippen LogP contribution < -0.4 is 10.6 Å². The SMILES string of the molecule is CCN(CC)S(=O)(=O)c1ccc(C)c(NC(=S)NCC(c2ccco2)N2CCCCC2)c1. The second-order valence-electron chi connectivity index (χ2n) is 8.03. The fourth-order valence-corrected chi connectivity index (χ4v) is 5.76. The lowest BCUT2D eigenvalue weighted by Gasteiger charge is -2.33. The Labute approximate surface area is 197 Å². The van der Waals surface area contributed by atoms with Crippen molar-refractivity contribution in [2.75, 3.05) is 38.0 Å². The average Bonchev–Trinajstić information content (AvgIpc) is 3.31. The number of anilines is 1. The van der Waals surface area contributed by atoms with E-state index in [0.717, 1.165) is 24.4 Å². The number of furan rings is 1. The lowest BCUT2D eigenvalue weighted by Crippen LogP contribution is -2.41. The van der Waals surface area contributed by atoms with Crippen molar-refractivity contribution in [2.45, 2.75) is 51.0 Å². The molecule has 0 spiro atoms. The second-order valence-corrected chi connectivity index (χ2v) is 10.4. The third kappa shape index (κ3) is 5.89. The maximum Gasteiger partial charge on any atom is 0.243 e. The predicted octanol–water partition coefficient (Wildman–Crippen LogP) is 4.13. The van der Waals surface area contributed by atoms with Crippen LogP contribution in [0.5, 0.6) is 0 Å². The van der Waals surface area contributed by atoms with E-state index in [9.17, 15) is 8.42 Å². The van der Waals surface area contributed by atoms with Crippen molar-refractivity contribution in [2.24, 2.45) is 0 Å². The highest BCUT2D eigenvalue weighted by Crippen LogP contribution is 2.25. The minimum absolute atomic E-state index is 0.0977. The molecule has 0 saturated carbocycles. The Morgan fingerprint density at radius 1 is 1.19 bits per heavy atom. The van der Waals surface area contributed by atoms with Gasteiger partial charge in [-0.15, -0.1) is 0 Å². The molecule has 0 bridgehead atoms. The molecule has 2 aromatic rings. The van der Waals surface area contributed by atoms with Crippen molar-refractivity contribution in [1.29, 1.82) is 0 Å². The van der Waals surface area contributed by atoms with Crippen LogP contribution in [-0.4, -0.2) is 55.5 Å². The number of aryl methyl sites for hydroxylation is 1. The van der Waals surface area contributed by atoms with Gasteiger partial charge in [-0.25, -0.2) is 8.42 Å². The largest absolute Gasteiger partial charge is 0.468 e. The molecular weight excluding hydrogens is 444 g/mol. The zero-order chi connectivity index (χ0) is 23.1. The highest BCUT2D eigenvalue weighted by atomic mass is 32.2. The highest BCUT2D eigenvalue weighted by Gasteiger charge is 2.25. The summed E-state index contributed by atoms with van der Waals surface area (Å²) in [6, 6.07) is 9.12. The quantitative estimate of drug-likeness (QED) is 0.525. The van der Waals surface area contributed by atoms with Crippen LogP contribution in [0.2, 0.25) is 0 Å². The van der Waals surface area contributed by atoms with Gasteiger partial charge in [0, 0.05) is 25.3 Å². The second kappa shape index (κ2) is 11.3. The molecule has 0 aliphatic carbocycles. The summed E-state index contributed by atoms with van der Waals surface area (Å²) < 4.78 is 32.9. The summed E-state index contributed by atoms with van der Waals surface area (Å²) in [5, 5.41) is 6.95. The van der Waals surface area contributed by atoms with Gasteiger partial charge >= 0.3 is 0 Å². The Morgan fingerprint density at radius 2 is 1.91 bits per heavy atom. The number of hydrogen-bond donors (Lipinski definition) is 2. The monoisotopic (exact) mass is 478 g/mol. The first kappa shape index (κ1) is 24.7. The van der Waals surface area contributed by atoms with Gasteiger partial charge < -0.3 is 15.1 Å². The van der Waals surface area contributed by atoms with Crippen molar-refractivity contribution in [1.82, 2.24) is 14.5 Å². The Morgan fingerprint density at radius 3 is 2.53 bits per heavy atom. The zero-order valence-corrected chi connectivity index (χ0v) is 20.8. The number of hydrogen-bond acceptors (Lipinski definition) is 5. The third-order valence-corrected chi connectivity index (χ3v) is 8.25. The number of rotatable bonds is 9. The number of piperidine rings is 1. The molecule has 1 atom stereocenters. The third-order valence-electron chi connectivity index (χ3n) is 5.96. The Hall–Kier alpha value is -1.94. The van der Waals surface area contributed by atoms with Gasteiger partial charge in [0.05, 0.1) is 17.2 Å². The van der Waals surface area contributed by atoms with Crippen LogP contribution in [-0.2, 0) is 10.0 Å². The molecule has 1 fully saturated rings. The number of thiocarbonyl (C=S) groups is 1. The molecule has 2 heterocycles. The summed E-state index contributed by atoms with van der Waals surface area (Å²) in [4.78, 5) is 2.69. The summed E-state index contributed by atoms with van der Waals surface area (Å²) in [5.41, 5.74) is 1.61. The van der Waals surface area contributed by atoms with Crippen LogP contribution in [0.15, 0.2) is 45.9 Å². The van der Waals surface area contributed by atoms with E-state index in [1.165, 1.54) is 23.6 Å². The lowest BCUT2D eigenvalue weighted by atomic mass is 10.1. The summed E-state index contributed by atoms with van der Waals surface area (Å²) in [6.45, 7) is 9.15.